The first-order valence-electron chi connectivity index (χ1n) is 10.1. The lowest BCUT2D eigenvalue weighted by molar-refractivity contribution is 0.0955. The number of amides is 1. The summed E-state index contributed by atoms with van der Waals surface area (Å²) >= 11 is 8.74. The van der Waals surface area contributed by atoms with Crippen LogP contribution in [-0.4, -0.2) is 29.8 Å². The summed E-state index contributed by atoms with van der Waals surface area (Å²) in [6, 6.07) is 7.87. The first-order valence-corrected chi connectivity index (χ1v) is 12.1. The Morgan fingerprint density at radius 3 is 2.85 bits per heavy atom. The Kier molecular flexibility index (Phi) is 7.45. The Labute approximate surface area is 204 Å². The van der Waals surface area contributed by atoms with E-state index in [1.807, 2.05) is 6.07 Å². The van der Waals surface area contributed by atoms with Crippen molar-refractivity contribution in [3.05, 3.63) is 62.3 Å². The average molecular weight is 499 g/mol. The number of halogens is 1. The maximum atomic E-state index is 12.3. The number of hydrogen-bond donors (Lipinski definition) is 1. The molecule has 6 nitrogen and oxygen atoms in total. The molecule has 1 aliphatic rings. The van der Waals surface area contributed by atoms with Crippen molar-refractivity contribution in [2.24, 2.45) is 5.92 Å². The normalized spacial score (nSPS) is 13.9. The Morgan fingerprint density at radius 1 is 1.30 bits per heavy atom. The van der Waals surface area contributed by atoms with Crippen LogP contribution in [-0.2, 0) is 0 Å². The number of carbonyl (C=O) groups is 2. The molecule has 1 atom stereocenters. The number of benzene rings is 1. The van der Waals surface area contributed by atoms with Crippen molar-refractivity contribution < 1.29 is 19.1 Å². The van der Waals surface area contributed by atoms with E-state index < -0.39 is 6.04 Å². The minimum Gasteiger partial charge on any atom is -0.493 e. The highest BCUT2D eigenvalue weighted by molar-refractivity contribution is 7.15. The molecular weight excluding hydrogens is 480 g/mol. The third kappa shape index (κ3) is 6.45. The monoisotopic (exact) mass is 498 g/mol. The summed E-state index contributed by atoms with van der Waals surface area (Å²) in [7, 11) is 0. The number of aldehydes is 1. The van der Waals surface area contributed by atoms with Gasteiger partial charge in [0.05, 0.1) is 26.3 Å². The molecule has 1 N–H and O–H groups in total. The summed E-state index contributed by atoms with van der Waals surface area (Å²) in [6.45, 7) is 0.713. The van der Waals surface area contributed by atoms with Crippen LogP contribution in [0, 0.1) is 18.3 Å². The van der Waals surface area contributed by atoms with E-state index in [1.165, 1.54) is 24.2 Å². The Hall–Kier alpha value is -3.12. The molecule has 2 heterocycles. The SMILES string of the molecule is C#C[C@@H](/C=C/c1cnc(Oc2ccc(OCC3CC3)cc2Cl)s1)NC(=O)c1ccc(C=O)s1. The topological polar surface area (TPSA) is 77.5 Å². The van der Waals surface area contributed by atoms with Crippen molar-refractivity contribution in [1.29, 1.82) is 0 Å². The zero-order chi connectivity index (χ0) is 23.2. The highest BCUT2D eigenvalue weighted by Gasteiger charge is 2.22. The number of thiophene rings is 1. The van der Waals surface area contributed by atoms with Gasteiger partial charge in [-0.25, -0.2) is 4.98 Å². The highest BCUT2D eigenvalue weighted by Crippen LogP contribution is 2.35. The number of terminal acetylenes is 1. The van der Waals surface area contributed by atoms with Gasteiger partial charge < -0.3 is 14.8 Å². The summed E-state index contributed by atoms with van der Waals surface area (Å²) in [5, 5.41) is 3.59. The smallest absolute Gasteiger partial charge is 0.279 e. The van der Waals surface area contributed by atoms with Gasteiger partial charge in [0.1, 0.15) is 17.5 Å². The van der Waals surface area contributed by atoms with Crippen molar-refractivity contribution in [3.8, 4) is 29.0 Å². The maximum Gasteiger partial charge on any atom is 0.279 e. The van der Waals surface area contributed by atoms with E-state index in [2.05, 4.69) is 16.2 Å². The molecule has 168 valence electrons. The van der Waals surface area contributed by atoms with Gasteiger partial charge in [0, 0.05) is 12.3 Å². The Balaban J connectivity index is 1.33. The fraction of sp³-hybridized carbons (Fsp3) is 0.208. The van der Waals surface area contributed by atoms with Gasteiger partial charge in [0.2, 0.25) is 0 Å². The fourth-order valence-corrected chi connectivity index (χ4v) is 4.35. The van der Waals surface area contributed by atoms with E-state index in [4.69, 9.17) is 27.5 Å². The van der Waals surface area contributed by atoms with Gasteiger partial charge >= 0.3 is 0 Å². The van der Waals surface area contributed by atoms with Gasteiger partial charge in [-0.2, -0.15) is 0 Å². The van der Waals surface area contributed by atoms with Crippen molar-refractivity contribution in [3.63, 3.8) is 0 Å². The highest BCUT2D eigenvalue weighted by atomic mass is 35.5. The first-order chi connectivity index (χ1) is 16.0. The lowest BCUT2D eigenvalue weighted by Gasteiger charge is -2.08. The third-order valence-electron chi connectivity index (χ3n) is 4.67. The molecule has 0 radical (unpaired) electrons. The molecular formula is C24H19ClN2O4S2. The van der Waals surface area contributed by atoms with Crippen molar-refractivity contribution in [1.82, 2.24) is 10.3 Å². The summed E-state index contributed by atoms with van der Waals surface area (Å²) in [4.78, 5) is 29.0. The van der Waals surface area contributed by atoms with Crippen LogP contribution in [0.4, 0.5) is 0 Å². The molecule has 0 aliphatic heterocycles. The molecule has 1 saturated carbocycles. The van der Waals surface area contributed by atoms with Crippen LogP contribution in [0.1, 0.15) is 37.1 Å². The molecule has 0 spiro atoms. The van der Waals surface area contributed by atoms with Gasteiger partial charge in [0.25, 0.3) is 11.1 Å². The van der Waals surface area contributed by atoms with Crippen LogP contribution in [0.3, 0.4) is 0 Å². The summed E-state index contributed by atoms with van der Waals surface area (Å²) < 4.78 is 11.5. The number of carbonyl (C=O) groups excluding carboxylic acids is 2. The molecule has 0 bridgehead atoms. The standard InChI is InChI=1S/C24H19ClN2O4S2/c1-2-16(27-23(29)22-10-8-19(13-28)32-22)5-7-18-12-26-24(33-18)31-21-9-6-17(11-20(21)25)30-14-15-3-4-15/h1,5-13,15-16H,3-4,14H2,(H,27,29)/b7-5+/t16-/m0/s1. The Bertz CT molecular complexity index is 1220. The van der Waals surface area contributed by atoms with E-state index >= 15 is 0 Å². The second-order valence-corrected chi connectivity index (χ2v) is 9.82. The van der Waals surface area contributed by atoms with Gasteiger partial charge in [-0.3, -0.25) is 9.59 Å². The fourth-order valence-electron chi connectivity index (χ4n) is 2.73. The van der Waals surface area contributed by atoms with E-state index in [0.717, 1.165) is 16.2 Å². The van der Waals surface area contributed by atoms with Crippen LogP contribution >= 0.6 is 34.3 Å². The molecule has 0 saturated heterocycles. The average Bonchev–Trinajstić information content (AvgIpc) is 3.33. The van der Waals surface area contributed by atoms with Crippen molar-refractivity contribution in [2.75, 3.05) is 6.61 Å². The number of hydrogen-bond acceptors (Lipinski definition) is 7. The first kappa shape index (κ1) is 23.1. The van der Waals surface area contributed by atoms with Crippen LogP contribution in [0.2, 0.25) is 5.02 Å². The van der Waals surface area contributed by atoms with Crippen molar-refractivity contribution >= 4 is 52.5 Å². The van der Waals surface area contributed by atoms with Gasteiger partial charge in [0.15, 0.2) is 6.29 Å². The molecule has 1 aromatic carbocycles. The van der Waals surface area contributed by atoms with Gasteiger partial charge in [-0.15, -0.1) is 17.8 Å². The Morgan fingerprint density at radius 2 is 2.15 bits per heavy atom. The predicted molar refractivity (Wildman–Crippen MR) is 131 cm³/mol. The largest absolute Gasteiger partial charge is 0.493 e. The molecule has 4 rings (SSSR count). The molecule has 3 aromatic rings. The molecule has 0 unspecified atom stereocenters. The maximum absolute atomic E-state index is 12.3. The second kappa shape index (κ2) is 10.7. The van der Waals surface area contributed by atoms with Gasteiger partial charge in [-0.1, -0.05) is 28.9 Å². The molecule has 1 amide bonds. The van der Waals surface area contributed by atoms with Crippen molar-refractivity contribution in [2.45, 2.75) is 18.9 Å². The number of nitrogens with one attached hydrogen (secondary N) is 1. The van der Waals surface area contributed by atoms with Gasteiger partial charge in [-0.05, 0) is 55.2 Å². The van der Waals surface area contributed by atoms with E-state index in [-0.39, 0.29) is 5.91 Å². The van der Waals surface area contributed by atoms with Crippen LogP contribution in [0.5, 0.6) is 16.7 Å². The quantitative estimate of drug-likeness (QED) is 0.287. The zero-order valence-corrected chi connectivity index (χ0v) is 19.7. The van der Waals surface area contributed by atoms with E-state index in [9.17, 15) is 9.59 Å². The van der Waals surface area contributed by atoms with E-state index in [1.54, 1.807) is 42.6 Å². The van der Waals surface area contributed by atoms with E-state index in [0.29, 0.717) is 50.3 Å². The predicted octanol–water partition coefficient (Wildman–Crippen LogP) is 5.70. The lowest BCUT2D eigenvalue weighted by Crippen LogP contribution is -2.31. The zero-order valence-electron chi connectivity index (χ0n) is 17.3. The molecule has 2 aromatic heterocycles. The summed E-state index contributed by atoms with van der Waals surface area (Å²) in [6.07, 6.45) is 13.8. The number of ether oxygens (including phenoxy) is 2. The molecule has 1 aliphatic carbocycles. The summed E-state index contributed by atoms with van der Waals surface area (Å²) in [5.41, 5.74) is 0. The number of rotatable bonds is 10. The minimum atomic E-state index is -0.622. The minimum absolute atomic E-state index is 0.340. The number of nitrogens with zero attached hydrogens (tertiary/aromatic N) is 1. The third-order valence-corrected chi connectivity index (χ3v) is 6.82. The number of aromatic nitrogens is 1. The second-order valence-electron chi connectivity index (χ2n) is 7.27. The van der Waals surface area contributed by atoms with Crippen LogP contribution in [0.15, 0.2) is 42.6 Å². The molecule has 33 heavy (non-hydrogen) atoms. The molecule has 1 fully saturated rings. The summed E-state index contributed by atoms with van der Waals surface area (Å²) in [5.74, 6) is 4.04. The number of thiazole rings is 1. The molecule has 9 heteroatoms. The van der Waals surface area contributed by atoms with Crippen LogP contribution < -0.4 is 14.8 Å². The lowest BCUT2D eigenvalue weighted by atomic mass is 10.2. The van der Waals surface area contributed by atoms with Crippen LogP contribution in [0.25, 0.3) is 6.08 Å².